The van der Waals surface area contributed by atoms with E-state index in [1.807, 2.05) is 0 Å². The van der Waals surface area contributed by atoms with Gasteiger partial charge in [-0.3, -0.25) is 4.90 Å². The molecule has 0 aromatic carbocycles. The predicted octanol–water partition coefficient (Wildman–Crippen LogP) is 5.16. The van der Waals surface area contributed by atoms with Crippen LogP contribution < -0.4 is 15.4 Å². The van der Waals surface area contributed by atoms with Gasteiger partial charge in [0, 0.05) is 44.8 Å². The van der Waals surface area contributed by atoms with E-state index < -0.39 is 17.8 Å². The number of halogens is 4. The molecule has 13 heteroatoms. The smallest absolute Gasteiger partial charge is 0.418 e. The summed E-state index contributed by atoms with van der Waals surface area (Å²) < 4.78 is 64.5. The quantitative estimate of drug-likeness (QED) is 0.456. The average molecular weight is 611 g/mol. The molecule has 238 valence electrons. The third kappa shape index (κ3) is 7.55. The van der Waals surface area contributed by atoms with Gasteiger partial charge in [-0.15, -0.1) is 0 Å². The zero-order valence-electron chi connectivity index (χ0n) is 25.3. The summed E-state index contributed by atoms with van der Waals surface area (Å²) in [6.07, 6.45) is 1.31. The number of hydrogen-bond donors (Lipinski definition) is 2. The van der Waals surface area contributed by atoms with Crippen LogP contribution in [-0.4, -0.2) is 71.4 Å². The lowest BCUT2D eigenvalue weighted by Gasteiger charge is -2.35. The van der Waals surface area contributed by atoms with Crippen molar-refractivity contribution in [2.24, 2.45) is 5.92 Å². The van der Waals surface area contributed by atoms with Gasteiger partial charge in [-0.1, -0.05) is 6.92 Å². The van der Waals surface area contributed by atoms with E-state index in [1.54, 1.807) is 0 Å². The number of methoxy groups -OCH3 is 1. The Kier molecular flexibility index (Phi) is 10.8. The molecule has 2 aromatic heterocycles. The monoisotopic (exact) mass is 610 g/mol. The Balaban J connectivity index is 0.000000294. The molecule has 3 fully saturated rings. The van der Waals surface area contributed by atoms with Gasteiger partial charge in [0.1, 0.15) is 11.6 Å². The number of aliphatic hydroxyl groups excluding tert-OH is 1. The van der Waals surface area contributed by atoms with Crippen LogP contribution in [0.15, 0.2) is 18.0 Å². The lowest BCUT2D eigenvalue weighted by Crippen LogP contribution is -2.36. The number of anilines is 2. The first kappa shape index (κ1) is 32.9. The number of nitrogen functional groups attached to an aromatic ring is 1. The van der Waals surface area contributed by atoms with Crippen molar-refractivity contribution in [2.45, 2.75) is 77.3 Å². The molecule has 2 aromatic rings. The highest BCUT2D eigenvalue weighted by molar-refractivity contribution is 5.52. The van der Waals surface area contributed by atoms with E-state index in [0.29, 0.717) is 17.7 Å². The van der Waals surface area contributed by atoms with Crippen molar-refractivity contribution in [2.75, 3.05) is 51.0 Å². The van der Waals surface area contributed by atoms with E-state index in [-0.39, 0.29) is 36.1 Å². The zero-order chi connectivity index (χ0) is 31.3. The number of piperidine rings is 1. The number of aryl methyl sites for hydroxylation is 1. The maximum absolute atomic E-state index is 13.8. The van der Waals surface area contributed by atoms with Crippen molar-refractivity contribution >= 4 is 11.6 Å². The molecular formula is C30H42F4N6O3. The summed E-state index contributed by atoms with van der Waals surface area (Å²) in [7, 11) is 2.48. The molecule has 6 rings (SSSR count). The van der Waals surface area contributed by atoms with Crippen molar-refractivity contribution in [3.63, 3.8) is 0 Å². The molecule has 0 radical (unpaired) electrons. The van der Waals surface area contributed by atoms with Crippen LogP contribution in [0.3, 0.4) is 0 Å². The van der Waals surface area contributed by atoms with Gasteiger partial charge in [0.2, 0.25) is 0 Å². The van der Waals surface area contributed by atoms with E-state index in [9.17, 15) is 17.6 Å². The van der Waals surface area contributed by atoms with E-state index in [0.717, 1.165) is 69.3 Å². The molecule has 3 saturated heterocycles. The largest absolute Gasteiger partial charge is 0.467 e. The van der Waals surface area contributed by atoms with E-state index >= 15 is 0 Å². The fraction of sp³-hybridized carbons (Fsp3) is 0.633. The molecule has 9 nitrogen and oxygen atoms in total. The SMILES string of the molecule is CO.COc1nc2c(c(N3CCCC(C)C3)n1)COC(c1cc(N)nc(C)c1C(F)(F)F)C2.F/C=C1/CC2CCCN2C1. The van der Waals surface area contributed by atoms with E-state index in [2.05, 4.69) is 31.7 Å². The van der Waals surface area contributed by atoms with Gasteiger partial charge >= 0.3 is 12.2 Å². The minimum atomic E-state index is -4.57. The van der Waals surface area contributed by atoms with Crippen LogP contribution in [0.4, 0.5) is 29.2 Å². The molecule has 0 bridgehead atoms. The van der Waals surface area contributed by atoms with Crippen LogP contribution in [0.1, 0.15) is 73.2 Å². The third-order valence-electron chi connectivity index (χ3n) is 8.44. The van der Waals surface area contributed by atoms with Crippen LogP contribution in [0.25, 0.3) is 0 Å². The summed E-state index contributed by atoms with van der Waals surface area (Å²) in [4.78, 5) is 17.4. The van der Waals surface area contributed by atoms with Crippen molar-refractivity contribution in [1.82, 2.24) is 19.9 Å². The molecule has 6 heterocycles. The van der Waals surface area contributed by atoms with E-state index in [4.69, 9.17) is 20.3 Å². The first-order valence-electron chi connectivity index (χ1n) is 14.7. The summed E-state index contributed by atoms with van der Waals surface area (Å²) in [5.41, 5.74) is 7.21. The number of alkyl halides is 3. The zero-order valence-corrected chi connectivity index (χ0v) is 25.3. The maximum Gasteiger partial charge on any atom is 0.418 e. The number of aromatic nitrogens is 3. The molecule has 0 spiro atoms. The summed E-state index contributed by atoms with van der Waals surface area (Å²) in [5, 5.41) is 7.00. The molecule has 3 atom stereocenters. The Morgan fingerprint density at radius 3 is 2.51 bits per heavy atom. The van der Waals surface area contributed by atoms with Gasteiger partial charge in [0.05, 0.1) is 43.1 Å². The second-order valence-electron chi connectivity index (χ2n) is 11.5. The van der Waals surface area contributed by atoms with Gasteiger partial charge < -0.3 is 25.2 Å². The number of nitrogens with zero attached hydrogens (tertiary/aromatic N) is 5. The Bertz CT molecular complexity index is 1280. The molecule has 3 N–H and O–H groups in total. The first-order valence-corrected chi connectivity index (χ1v) is 14.7. The highest BCUT2D eigenvalue weighted by Crippen LogP contribution is 2.42. The van der Waals surface area contributed by atoms with E-state index in [1.165, 1.54) is 39.5 Å². The lowest BCUT2D eigenvalue weighted by molar-refractivity contribution is -0.140. The number of hydrogen-bond acceptors (Lipinski definition) is 9. The van der Waals surface area contributed by atoms with Crippen LogP contribution in [0.5, 0.6) is 6.01 Å². The minimum absolute atomic E-state index is 0.0196. The fourth-order valence-corrected chi connectivity index (χ4v) is 6.55. The van der Waals surface area contributed by atoms with Crippen molar-refractivity contribution < 1.29 is 32.1 Å². The molecule has 4 aliphatic rings. The van der Waals surface area contributed by atoms with Gasteiger partial charge in [-0.05, 0) is 68.7 Å². The molecule has 0 saturated carbocycles. The Morgan fingerprint density at radius 1 is 1.12 bits per heavy atom. The number of aliphatic hydroxyl groups is 1. The molecule has 4 aliphatic heterocycles. The number of pyridine rings is 1. The topological polar surface area (TPSA) is 110 Å². The van der Waals surface area contributed by atoms with Crippen molar-refractivity contribution in [3.05, 3.63) is 46.0 Å². The third-order valence-corrected chi connectivity index (χ3v) is 8.44. The normalized spacial score (nSPS) is 24.4. The second-order valence-corrected chi connectivity index (χ2v) is 11.5. The Labute approximate surface area is 250 Å². The second kappa shape index (κ2) is 14.2. The minimum Gasteiger partial charge on any atom is -0.467 e. The Morgan fingerprint density at radius 2 is 1.86 bits per heavy atom. The molecule has 0 amide bonds. The number of nitrogens with two attached hydrogens (primary N) is 1. The number of fused-ring (bicyclic) bond motifs is 2. The van der Waals surface area contributed by atoms with Crippen LogP contribution in [0, 0.1) is 12.8 Å². The molecular weight excluding hydrogens is 568 g/mol. The summed E-state index contributed by atoms with van der Waals surface area (Å²) in [6.45, 7) is 7.40. The highest BCUT2D eigenvalue weighted by Gasteiger charge is 2.40. The Hall–Kier alpha value is -3.03. The number of rotatable bonds is 3. The van der Waals surface area contributed by atoms with Crippen LogP contribution in [-0.2, 0) is 23.9 Å². The fourth-order valence-electron chi connectivity index (χ4n) is 6.55. The van der Waals surface area contributed by atoms with Crippen molar-refractivity contribution in [3.8, 4) is 6.01 Å². The van der Waals surface area contributed by atoms with Crippen molar-refractivity contribution in [1.29, 1.82) is 0 Å². The van der Waals surface area contributed by atoms with Crippen LogP contribution >= 0.6 is 0 Å². The number of ether oxygens (including phenoxy) is 2. The van der Waals surface area contributed by atoms with Crippen LogP contribution in [0.2, 0.25) is 0 Å². The lowest BCUT2D eigenvalue weighted by atomic mass is 9.94. The summed E-state index contributed by atoms with van der Waals surface area (Å²) in [6, 6.07) is 2.13. The first-order chi connectivity index (χ1) is 20.6. The summed E-state index contributed by atoms with van der Waals surface area (Å²) >= 11 is 0. The molecule has 3 unspecified atom stereocenters. The molecule has 43 heavy (non-hydrogen) atoms. The van der Waals surface area contributed by atoms with Gasteiger partial charge in [0.15, 0.2) is 0 Å². The molecule has 0 aliphatic carbocycles. The van der Waals surface area contributed by atoms with Gasteiger partial charge in [-0.2, -0.15) is 23.1 Å². The predicted molar refractivity (Wildman–Crippen MR) is 155 cm³/mol. The average Bonchev–Trinajstić information content (AvgIpc) is 3.59. The van der Waals surface area contributed by atoms with Gasteiger partial charge in [-0.25, -0.2) is 9.37 Å². The van der Waals surface area contributed by atoms with Gasteiger partial charge in [0.25, 0.3) is 0 Å². The maximum atomic E-state index is 13.8. The summed E-state index contributed by atoms with van der Waals surface area (Å²) in [5.74, 6) is 1.30. The standard InChI is InChI=1S/C21H26F3N5O2.C8H12FN.CH4O/c1-11-5-4-6-29(9-11)19-14-10-31-16(8-15(14)27-20(28-19)30-3)13-7-17(25)26-12(2)18(13)21(22,23)24;9-5-7-4-8-2-1-3-10(8)6-7;1-2/h7,11,16H,4-6,8-10H2,1-3H3,(H2,25,26);5,8H,1-4,6H2;2H,1H3/b;7-5-;. The highest BCUT2D eigenvalue weighted by atomic mass is 19.4.